The first-order valence-corrected chi connectivity index (χ1v) is 8.21. The average molecular weight is 412 g/mol. The number of benzene rings is 1. The van der Waals surface area contributed by atoms with Gasteiger partial charge in [-0.05, 0) is 53.3 Å². The minimum Gasteiger partial charge on any atom is -0.324 e. The topological polar surface area (TPSA) is 64.0 Å². The predicted molar refractivity (Wildman–Crippen MR) is 82.9 cm³/mol. The average Bonchev–Trinajstić information content (AvgIpc) is 2.64. The van der Waals surface area contributed by atoms with Gasteiger partial charge in [-0.3, -0.25) is 4.72 Å². The quantitative estimate of drug-likeness (QED) is 0.790. The number of nitrogens with one attached hydrogen (secondary N) is 1. The fraction of sp³-hybridized carbons (Fsp3) is 0.182. The van der Waals surface area contributed by atoms with Crippen molar-refractivity contribution in [3.05, 3.63) is 38.8 Å². The van der Waals surface area contributed by atoms with Crippen LogP contribution in [0, 0.1) is 10.5 Å². The summed E-state index contributed by atoms with van der Waals surface area (Å²) in [5.41, 5.74) is 1.35. The van der Waals surface area contributed by atoms with Gasteiger partial charge in [0.05, 0.1) is 12.0 Å². The van der Waals surface area contributed by atoms with Gasteiger partial charge in [0.1, 0.15) is 5.15 Å². The van der Waals surface area contributed by atoms with Crippen LogP contribution in [-0.2, 0) is 17.1 Å². The fourth-order valence-electron chi connectivity index (χ4n) is 1.51. The number of sulfonamides is 1. The lowest BCUT2D eigenvalue weighted by molar-refractivity contribution is 0.598. The van der Waals surface area contributed by atoms with E-state index in [0.717, 1.165) is 9.13 Å². The molecule has 0 saturated carbocycles. The summed E-state index contributed by atoms with van der Waals surface area (Å²) in [7, 11) is -2.15. The van der Waals surface area contributed by atoms with Crippen molar-refractivity contribution in [3.8, 4) is 0 Å². The van der Waals surface area contributed by atoms with Gasteiger partial charge in [0.15, 0.2) is 0 Å². The molecule has 0 bridgehead atoms. The number of anilines is 1. The number of hydrogen-bond acceptors (Lipinski definition) is 3. The summed E-state index contributed by atoms with van der Waals surface area (Å²) < 4.78 is 29.4. The van der Waals surface area contributed by atoms with Crippen LogP contribution in [0.2, 0.25) is 5.15 Å². The van der Waals surface area contributed by atoms with E-state index < -0.39 is 10.0 Å². The molecule has 102 valence electrons. The zero-order valence-corrected chi connectivity index (χ0v) is 13.9. The van der Waals surface area contributed by atoms with E-state index in [2.05, 4.69) is 32.3 Å². The van der Waals surface area contributed by atoms with Gasteiger partial charge < -0.3 is 4.57 Å². The highest BCUT2D eigenvalue weighted by atomic mass is 127. The molecule has 0 atom stereocenters. The summed E-state index contributed by atoms with van der Waals surface area (Å²) in [5, 5.41) is -0.0923. The van der Waals surface area contributed by atoms with Gasteiger partial charge in [-0.25, -0.2) is 4.98 Å². The van der Waals surface area contributed by atoms with Crippen molar-refractivity contribution < 1.29 is 8.42 Å². The maximum Gasteiger partial charge on any atom is 0.282 e. The summed E-state index contributed by atoms with van der Waals surface area (Å²) in [4.78, 5) is 3.81. The smallest absolute Gasteiger partial charge is 0.282 e. The number of hydrogen-bond donors (Lipinski definition) is 1. The first kappa shape index (κ1) is 14.6. The van der Waals surface area contributed by atoms with Crippen molar-refractivity contribution in [3.63, 3.8) is 0 Å². The second-order valence-electron chi connectivity index (χ2n) is 4.02. The van der Waals surface area contributed by atoms with Gasteiger partial charge in [-0.15, -0.1) is 0 Å². The Hall–Kier alpha value is -0.800. The molecule has 1 heterocycles. The second kappa shape index (κ2) is 5.29. The molecular weight excluding hydrogens is 401 g/mol. The minimum atomic E-state index is -3.77. The summed E-state index contributed by atoms with van der Waals surface area (Å²) in [6, 6.07) is 5.43. The molecule has 0 aliphatic rings. The summed E-state index contributed by atoms with van der Waals surface area (Å²) in [5.74, 6) is 0. The van der Waals surface area contributed by atoms with Crippen LogP contribution in [-0.4, -0.2) is 18.0 Å². The largest absolute Gasteiger partial charge is 0.324 e. The van der Waals surface area contributed by atoms with Crippen molar-refractivity contribution in [2.45, 2.75) is 11.9 Å². The molecule has 5 nitrogen and oxygen atoms in total. The molecule has 2 rings (SSSR count). The van der Waals surface area contributed by atoms with Gasteiger partial charge in [0.2, 0.25) is 5.03 Å². The SMILES string of the molecule is Cc1cc(I)ccc1NS(=O)(=O)c1ncn(C)c1Cl. The molecule has 2 aromatic rings. The molecule has 0 saturated heterocycles. The van der Waals surface area contributed by atoms with E-state index in [1.165, 1.54) is 10.9 Å². The molecule has 19 heavy (non-hydrogen) atoms. The Balaban J connectivity index is 2.39. The molecule has 0 aliphatic heterocycles. The molecule has 1 aromatic carbocycles. The second-order valence-corrected chi connectivity index (χ2v) is 7.22. The van der Waals surface area contributed by atoms with E-state index >= 15 is 0 Å². The third-order valence-corrected chi connectivity index (χ3v) is 5.05. The summed E-state index contributed by atoms with van der Waals surface area (Å²) in [6.45, 7) is 1.83. The highest BCUT2D eigenvalue weighted by molar-refractivity contribution is 14.1. The first-order valence-electron chi connectivity index (χ1n) is 5.27. The first-order chi connectivity index (χ1) is 8.81. The van der Waals surface area contributed by atoms with Crippen molar-refractivity contribution in [2.24, 2.45) is 7.05 Å². The zero-order valence-electron chi connectivity index (χ0n) is 10.2. The lowest BCUT2D eigenvalue weighted by Gasteiger charge is -2.09. The number of halogens is 2. The van der Waals surface area contributed by atoms with Crippen molar-refractivity contribution in [1.29, 1.82) is 0 Å². The highest BCUT2D eigenvalue weighted by Crippen LogP contribution is 2.24. The van der Waals surface area contributed by atoms with Crippen LogP contribution in [0.15, 0.2) is 29.6 Å². The van der Waals surface area contributed by atoms with Crippen LogP contribution in [0.4, 0.5) is 5.69 Å². The van der Waals surface area contributed by atoms with Gasteiger partial charge in [-0.1, -0.05) is 11.6 Å². The van der Waals surface area contributed by atoms with Gasteiger partial charge in [0, 0.05) is 10.6 Å². The van der Waals surface area contributed by atoms with E-state index in [-0.39, 0.29) is 10.2 Å². The standard InChI is InChI=1S/C11H11ClIN3O2S/c1-7-5-8(13)3-4-9(7)15-19(17,18)11-10(12)16(2)6-14-11/h3-6,15H,1-2H3. The fourth-order valence-corrected chi connectivity index (χ4v) is 3.72. The molecule has 0 aliphatic carbocycles. The Morgan fingerprint density at radius 1 is 1.42 bits per heavy atom. The van der Waals surface area contributed by atoms with E-state index in [0.29, 0.717) is 5.69 Å². The number of aryl methyl sites for hydroxylation is 2. The number of nitrogens with zero attached hydrogens (tertiary/aromatic N) is 2. The van der Waals surface area contributed by atoms with Crippen LogP contribution in [0.5, 0.6) is 0 Å². The van der Waals surface area contributed by atoms with Crippen LogP contribution < -0.4 is 4.72 Å². The Labute approximate surface area is 130 Å². The molecule has 0 fully saturated rings. The number of imidazole rings is 1. The van der Waals surface area contributed by atoms with Crippen molar-refractivity contribution in [2.75, 3.05) is 4.72 Å². The molecule has 1 N–H and O–H groups in total. The predicted octanol–water partition coefficient (Wildman–Crippen LogP) is 2.79. The molecule has 0 spiro atoms. The Morgan fingerprint density at radius 3 is 2.63 bits per heavy atom. The highest BCUT2D eigenvalue weighted by Gasteiger charge is 2.22. The molecule has 0 radical (unpaired) electrons. The van der Waals surface area contributed by atoms with Gasteiger partial charge in [0.25, 0.3) is 10.0 Å². The molecule has 1 aromatic heterocycles. The Bertz CT molecular complexity index is 728. The lowest BCUT2D eigenvalue weighted by atomic mass is 10.2. The summed E-state index contributed by atoms with van der Waals surface area (Å²) >= 11 is 8.07. The van der Waals surface area contributed by atoms with E-state index in [9.17, 15) is 8.42 Å². The van der Waals surface area contributed by atoms with Gasteiger partial charge >= 0.3 is 0 Å². The molecule has 0 amide bonds. The third kappa shape index (κ3) is 3.03. The number of aromatic nitrogens is 2. The minimum absolute atomic E-state index is 0.0793. The third-order valence-electron chi connectivity index (χ3n) is 2.52. The summed E-state index contributed by atoms with van der Waals surface area (Å²) in [6.07, 6.45) is 1.36. The van der Waals surface area contributed by atoms with Crippen molar-refractivity contribution >= 4 is 49.9 Å². The van der Waals surface area contributed by atoms with E-state index in [1.807, 2.05) is 19.1 Å². The maximum absolute atomic E-state index is 12.2. The molecule has 8 heteroatoms. The Kier molecular flexibility index (Phi) is 4.07. The number of rotatable bonds is 3. The lowest BCUT2D eigenvalue weighted by Crippen LogP contribution is -2.14. The normalized spacial score (nSPS) is 11.6. The van der Waals surface area contributed by atoms with E-state index in [1.54, 1.807) is 13.1 Å². The van der Waals surface area contributed by atoms with Crippen LogP contribution in [0.3, 0.4) is 0 Å². The van der Waals surface area contributed by atoms with Crippen LogP contribution in [0.1, 0.15) is 5.56 Å². The van der Waals surface area contributed by atoms with Crippen LogP contribution in [0.25, 0.3) is 0 Å². The Morgan fingerprint density at radius 2 is 2.11 bits per heavy atom. The van der Waals surface area contributed by atoms with Gasteiger partial charge in [-0.2, -0.15) is 8.42 Å². The monoisotopic (exact) mass is 411 g/mol. The maximum atomic E-state index is 12.2. The molecule has 0 unspecified atom stereocenters. The zero-order chi connectivity index (χ0) is 14.2. The van der Waals surface area contributed by atoms with Crippen molar-refractivity contribution in [1.82, 2.24) is 9.55 Å². The van der Waals surface area contributed by atoms with E-state index in [4.69, 9.17) is 11.6 Å². The van der Waals surface area contributed by atoms with Crippen LogP contribution >= 0.6 is 34.2 Å². The molecular formula is C11H11ClIN3O2S.